The second-order valence-corrected chi connectivity index (χ2v) is 15.3. The zero-order valence-corrected chi connectivity index (χ0v) is 32.9. The van der Waals surface area contributed by atoms with E-state index in [0.29, 0.717) is 0 Å². The van der Waals surface area contributed by atoms with Crippen LogP contribution in [0.4, 0.5) is 17.1 Å². The molecule has 11 rings (SSSR count). The highest BCUT2D eigenvalue weighted by Crippen LogP contribution is 2.45. The van der Waals surface area contributed by atoms with E-state index < -0.39 is 0 Å². The molecule has 11 aromatic rings. The van der Waals surface area contributed by atoms with Crippen molar-refractivity contribution in [2.75, 3.05) is 4.90 Å². The Bertz CT molecular complexity index is 3280. The molecule has 0 bridgehead atoms. The van der Waals surface area contributed by atoms with E-state index in [1.807, 2.05) is 0 Å². The van der Waals surface area contributed by atoms with Crippen LogP contribution in [-0.4, -0.2) is 0 Å². The van der Waals surface area contributed by atoms with Gasteiger partial charge in [-0.05, 0) is 127 Å². The lowest BCUT2D eigenvalue weighted by Crippen LogP contribution is -2.10. The minimum atomic E-state index is 0.882. The van der Waals surface area contributed by atoms with Crippen molar-refractivity contribution in [2.45, 2.75) is 0 Å². The van der Waals surface area contributed by atoms with Crippen LogP contribution in [0.5, 0.6) is 0 Å². The molecule has 0 amide bonds. The van der Waals surface area contributed by atoms with Crippen molar-refractivity contribution < 1.29 is 4.42 Å². The predicted octanol–water partition coefficient (Wildman–Crippen LogP) is 16.5. The van der Waals surface area contributed by atoms with Gasteiger partial charge in [0.05, 0.1) is 0 Å². The molecule has 0 aliphatic carbocycles. The Labute approximate surface area is 349 Å². The summed E-state index contributed by atoms with van der Waals surface area (Å²) in [5.41, 5.74) is 16.6. The van der Waals surface area contributed by atoms with E-state index in [1.165, 1.54) is 44.2 Å². The molecule has 0 N–H and O–H groups in total. The van der Waals surface area contributed by atoms with Crippen LogP contribution in [0.1, 0.15) is 0 Å². The van der Waals surface area contributed by atoms with Gasteiger partial charge in [-0.3, -0.25) is 0 Å². The van der Waals surface area contributed by atoms with Crippen LogP contribution in [0.2, 0.25) is 0 Å². The lowest BCUT2D eigenvalue weighted by Gasteiger charge is -2.28. The number of hydrogen-bond donors (Lipinski definition) is 0. The largest absolute Gasteiger partial charge is 0.456 e. The van der Waals surface area contributed by atoms with Crippen LogP contribution in [0.15, 0.2) is 241 Å². The minimum Gasteiger partial charge on any atom is -0.456 e. The number of benzene rings is 10. The van der Waals surface area contributed by atoms with Crippen LogP contribution in [-0.2, 0) is 0 Å². The predicted molar refractivity (Wildman–Crippen MR) is 253 cm³/mol. The molecule has 0 saturated carbocycles. The van der Waals surface area contributed by atoms with Gasteiger partial charge in [0, 0.05) is 27.8 Å². The Morgan fingerprint density at radius 2 is 0.667 bits per heavy atom. The molecule has 60 heavy (non-hydrogen) atoms. The van der Waals surface area contributed by atoms with Crippen molar-refractivity contribution in [3.8, 4) is 55.6 Å². The van der Waals surface area contributed by atoms with Gasteiger partial charge in [-0.15, -0.1) is 0 Å². The summed E-state index contributed by atoms with van der Waals surface area (Å²) in [7, 11) is 0. The highest BCUT2D eigenvalue weighted by atomic mass is 16.3. The first-order valence-corrected chi connectivity index (χ1v) is 20.5. The smallest absolute Gasteiger partial charge is 0.136 e. The Hall–Kier alpha value is -7.94. The van der Waals surface area contributed by atoms with Crippen molar-refractivity contribution in [3.05, 3.63) is 237 Å². The highest BCUT2D eigenvalue weighted by molar-refractivity contribution is 6.11. The van der Waals surface area contributed by atoms with Crippen molar-refractivity contribution >= 4 is 49.8 Å². The SMILES string of the molecule is c1ccc(-c2ccc(N(c3ccc(-c4ccccc4)c(-c4ccccc4)c3)c3ccc(-c4ccc5c(c4)oc4cc6ccccc6cc45)c(-c4ccccc4)c3)cc2)cc1. The van der Waals surface area contributed by atoms with Crippen molar-refractivity contribution in [3.63, 3.8) is 0 Å². The van der Waals surface area contributed by atoms with Crippen molar-refractivity contribution in [2.24, 2.45) is 0 Å². The van der Waals surface area contributed by atoms with E-state index >= 15 is 0 Å². The van der Waals surface area contributed by atoms with Crippen LogP contribution in [0.25, 0.3) is 88.3 Å². The van der Waals surface area contributed by atoms with Crippen LogP contribution < -0.4 is 4.90 Å². The normalized spacial score (nSPS) is 11.3. The quantitative estimate of drug-likeness (QED) is 0.153. The van der Waals surface area contributed by atoms with Crippen molar-refractivity contribution in [1.29, 1.82) is 0 Å². The number of furan rings is 1. The molecule has 0 saturated heterocycles. The monoisotopic (exact) mass is 765 g/mol. The third kappa shape index (κ3) is 6.51. The summed E-state index contributed by atoms with van der Waals surface area (Å²) >= 11 is 0. The molecule has 0 fully saturated rings. The third-order valence-electron chi connectivity index (χ3n) is 11.7. The van der Waals surface area contributed by atoms with Gasteiger partial charge in [-0.2, -0.15) is 0 Å². The summed E-state index contributed by atoms with van der Waals surface area (Å²) in [4.78, 5) is 2.39. The zero-order valence-electron chi connectivity index (χ0n) is 32.9. The van der Waals surface area contributed by atoms with Gasteiger partial charge >= 0.3 is 0 Å². The lowest BCUT2D eigenvalue weighted by molar-refractivity contribution is 0.669. The first kappa shape index (κ1) is 35.2. The molecule has 0 unspecified atom stereocenters. The zero-order chi connectivity index (χ0) is 39.8. The standard InChI is InChI=1S/C58H39NO/c1-5-15-40(16-6-1)41-25-28-48(29-26-41)59(49-30-33-51(42-17-7-2-8-18-42)54(38-49)43-19-9-3-10-20-43)50-31-34-52(55(39-50)44-21-11-4-12-22-44)47-27-32-53-56-35-45-23-13-14-24-46(45)36-58(56)60-57(53)37-47/h1-39H. The van der Waals surface area contributed by atoms with E-state index in [2.05, 4.69) is 241 Å². The molecule has 1 aromatic heterocycles. The number of anilines is 3. The topological polar surface area (TPSA) is 16.4 Å². The number of hydrogen-bond acceptors (Lipinski definition) is 2. The molecule has 1 heterocycles. The first-order chi connectivity index (χ1) is 29.7. The maximum Gasteiger partial charge on any atom is 0.136 e. The second kappa shape index (κ2) is 15.1. The fraction of sp³-hybridized carbons (Fsp3) is 0. The van der Waals surface area contributed by atoms with Gasteiger partial charge in [0.2, 0.25) is 0 Å². The van der Waals surface area contributed by atoms with Gasteiger partial charge in [0.15, 0.2) is 0 Å². The van der Waals surface area contributed by atoms with Gasteiger partial charge in [0.1, 0.15) is 11.2 Å². The van der Waals surface area contributed by atoms with E-state index in [4.69, 9.17) is 4.42 Å². The van der Waals surface area contributed by atoms with Crippen LogP contribution >= 0.6 is 0 Å². The molecular weight excluding hydrogens is 727 g/mol. The molecule has 10 aromatic carbocycles. The Balaban J connectivity index is 1.09. The van der Waals surface area contributed by atoms with E-state index in [0.717, 1.165) is 61.3 Å². The first-order valence-electron chi connectivity index (χ1n) is 20.5. The van der Waals surface area contributed by atoms with E-state index in [9.17, 15) is 0 Å². The lowest BCUT2D eigenvalue weighted by atomic mass is 9.92. The molecule has 0 aliphatic heterocycles. The molecule has 0 atom stereocenters. The summed E-state index contributed by atoms with van der Waals surface area (Å²) in [5, 5.41) is 4.64. The van der Waals surface area contributed by atoms with Crippen LogP contribution in [0, 0.1) is 0 Å². The molecule has 282 valence electrons. The fourth-order valence-corrected chi connectivity index (χ4v) is 8.69. The summed E-state index contributed by atoms with van der Waals surface area (Å²) in [6.45, 7) is 0. The van der Waals surface area contributed by atoms with Crippen LogP contribution in [0.3, 0.4) is 0 Å². The molecule has 2 heteroatoms. The third-order valence-corrected chi connectivity index (χ3v) is 11.7. The van der Waals surface area contributed by atoms with Gasteiger partial charge < -0.3 is 9.32 Å². The fourth-order valence-electron chi connectivity index (χ4n) is 8.69. The maximum atomic E-state index is 6.57. The highest BCUT2D eigenvalue weighted by Gasteiger charge is 2.20. The summed E-state index contributed by atoms with van der Waals surface area (Å²) < 4.78 is 6.57. The average molecular weight is 766 g/mol. The van der Waals surface area contributed by atoms with E-state index in [-0.39, 0.29) is 0 Å². The van der Waals surface area contributed by atoms with Crippen molar-refractivity contribution in [1.82, 2.24) is 0 Å². The summed E-state index contributed by atoms with van der Waals surface area (Å²) in [6.07, 6.45) is 0. The maximum absolute atomic E-state index is 6.57. The summed E-state index contributed by atoms with van der Waals surface area (Å²) in [6, 6.07) is 84.9. The number of fused-ring (bicyclic) bond motifs is 4. The summed E-state index contributed by atoms with van der Waals surface area (Å²) in [5.74, 6) is 0. The molecule has 0 spiro atoms. The second-order valence-electron chi connectivity index (χ2n) is 15.3. The number of rotatable bonds is 8. The number of nitrogens with zero attached hydrogens (tertiary/aromatic N) is 1. The van der Waals surface area contributed by atoms with Gasteiger partial charge in [-0.1, -0.05) is 176 Å². The Morgan fingerprint density at radius 3 is 1.23 bits per heavy atom. The average Bonchev–Trinajstić information content (AvgIpc) is 3.68. The molecule has 2 nitrogen and oxygen atoms in total. The van der Waals surface area contributed by atoms with Gasteiger partial charge in [0.25, 0.3) is 0 Å². The molecular formula is C58H39NO. The minimum absolute atomic E-state index is 0.882. The molecule has 0 radical (unpaired) electrons. The Morgan fingerprint density at radius 1 is 0.250 bits per heavy atom. The Kier molecular flexibility index (Phi) is 8.87. The van der Waals surface area contributed by atoms with Gasteiger partial charge in [-0.25, -0.2) is 0 Å². The van der Waals surface area contributed by atoms with E-state index in [1.54, 1.807) is 0 Å². The molecule has 0 aliphatic rings.